The summed E-state index contributed by atoms with van der Waals surface area (Å²) in [6.07, 6.45) is 1.67. The van der Waals surface area contributed by atoms with Crippen LogP contribution < -0.4 is 10.1 Å². The Labute approximate surface area is 147 Å². The van der Waals surface area contributed by atoms with Crippen molar-refractivity contribution in [2.45, 2.75) is 19.8 Å². The fraction of sp³-hybridized carbons (Fsp3) is 0.190. The lowest BCUT2D eigenvalue weighted by Gasteiger charge is -2.17. The van der Waals surface area contributed by atoms with E-state index in [1.807, 2.05) is 62.4 Å². The smallest absolute Gasteiger partial charge is 0.150 e. The Balaban J connectivity index is 2.13. The summed E-state index contributed by atoms with van der Waals surface area (Å²) in [7, 11) is 1.64. The molecule has 3 rings (SSSR count). The van der Waals surface area contributed by atoms with Gasteiger partial charge in [0.05, 0.1) is 12.8 Å². The predicted octanol–water partition coefficient (Wildman–Crippen LogP) is 5.76. The fourth-order valence-electron chi connectivity index (χ4n) is 2.77. The summed E-state index contributed by atoms with van der Waals surface area (Å²) in [5.74, 6) is 1.17. The van der Waals surface area contributed by atoms with Gasteiger partial charge < -0.3 is 10.1 Å². The van der Waals surface area contributed by atoms with E-state index in [-0.39, 0.29) is 11.7 Å². The molecule has 1 N–H and O–H groups in total. The molecule has 3 nitrogen and oxygen atoms in total. The van der Waals surface area contributed by atoms with Crippen LogP contribution in [0.25, 0.3) is 11.1 Å². The summed E-state index contributed by atoms with van der Waals surface area (Å²) < 4.78 is 20.4. The first-order chi connectivity index (χ1) is 12.1. The number of hydrogen-bond donors (Lipinski definition) is 1. The molecule has 0 aliphatic rings. The molecule has 0 saturated carbocycles. The van der Waals surface area contributed by atoms with Gasteiger partial charge in [-0.05, 0) is 47.4 Å². The van der Waals surface area contributed by atoms with Crippen LogP contribution in [0.15, 0.2) is 60.8 Å². The van der Waals surface area contributed by atoms with Gasteiger partial charge in [-0.2, -0.15) is 0 Å². The number of halogens is 1. The molecule has 3 aromatic rings. The zero-order valence-corrected chi connectivity index (χ0v) is 14.6. The summed E-state index contributed by atoms with van der Waals surface area (Å²) in [5.41, 5.74) is 2.89. The van der Waals surface area contributed by atoms with E-state index in [0.29, 0.717) is 17.1 Å². The summed E-state index contributed by atoms with van der Waals surface area (Å²) in [6, 6.07) is 16.9. The van der Waals surface area contributed by atoms with Gasteiger partial charge in [-0.3, -0.25) is 0 Å². The minimum atomic E-state index is -0.251. The molecule has 0 aliphatic carbocycles. The van der Waals surface area contributed by atoms with Crippen LogP contribution in [-0.4, -0.2) is 12.1 Å². The van der Waals surface area contributed by atoms with Crippen LogP contribution in [0.2, 0.25) is 0 Å². The molecule has 2 aromatic carbocycles. The third-order valence-corrected chi connectivity index (χ3v) is 4.07. The molecule has 0 unspecified atom stereocenters. The maximum atomic E-state index is 15.0. The van der Waals surface area contributed by atoms with Gasteiger partial charge in [0.15, 0.2) is 0 Å². The molecule has 0 saturated heterocycles. The van der Waals surface area contributed by atoms with Gasteiger partial charge in [-0.15, -0.1) is 0 Å². The minimum Gasteiger partial charge on any atom is -0.496 e. The third-order valence-electron chi connectivity index (χ3n) is 4.07. The van der Waals surface area contributed by atoms with Crippen molar-refractivity contribution in [1.29, 1.82) is 0 Å². The molecular formula is C21H21FN2O. The molecule has 0 spiro atoms. The number of nitrogens with zero attached hydrogens (tertiary/aromatic N) is 1. The topological polar surface area (TPSA) is 34.1 Å². The van der Waals surface area contributed by atoms with Crippen molar-refractivity contribution < 1.29 is 9.13 Å². The molecule has 0 bridgehead atoms. The Morgan fingerprint density at radius 2 is 1.80 bits per heavy atom. The second-order valence-electron chi connectivity index (χ2n) is 6.12. The monoisotopic (exact) mass is 336 g/mol. The predicted molar refractivity (Wildman–Crippen MR) is 100.0 cm³/mol. The van der Waals surface area contributed by atoms with Crippen LogP contribution in [0.4, 0.5) is 15.9 Å². The highest BCUT2D eigenvalue weighted by atomic mass is 19.1. The highest BCUT2D eigenvalue weighted by Crippen LogP contribution is 2.36. The lowest BCUT2D eigenvalue weighted by atomic mass is 9.95. The van der Waals surface area contributed by atoms with Crippen LogP contribution in [0.5, 0.6) is 5.75 Å². The van der Waals surface area contributed by atoms with Crippen LogP contribution in [0.1, 0.15) is 25.3 Å². The van der Waals surface area contributed by atoms with Gasteiger partial charge in [-0.25, -0.2) is 9.37 Å². The molecule has 0 atom stereocenters. The molecule has 1 heterocycles. The number of methoxy groups -OCH3 is 1. The molecule has 0 radical (unpaired) electrons. The van der Waals surface area contributed by atoms with E-state index in [2.05, 4.69) is 10.3 Å². The Kier molecular flexibility index (Phi) is 4.98. The number of nitrogens with one attached hydrogen (secondary N) is 1. The highest BCUT2D eigenvalue weighted by molar-refractivity contribution is 5.76. The quantitative estimate of drug-likeness (QED) is 0.643. The number of pyridine rings is 1. The number of hydrogen-bond acceptors (Lipinski definition) is 3. The van der Waals surface area contributed by atoms with E-state index in [0.717, 1.165) is 16.9 Å². The van der Waals surface area contributed by atoms with E-state index in [4.69, 9.17) is 4.74 Å². The highest BCUT2D eigenvalue weighted by Gasteiger charge is 2.16. The van der Waals surface area contributed by atoms with Crippen molar-refractivity contribution in [3.63, 3.8) is 0 Å². The second-order valence-corrected chi connectivity index (χ2v) is 6.12. The van der Waals surface area contributed by atoms with E-state index >= 15 is 0 Å². The van der Waals surface area contributed by atoms with Crippen LogP contribution >= 0.6 is 0 Å². The van der Waals surface area contributed by atoms with Gasteiger partial charge in [0.2, 0.25) is 0 Å². The number of rotatable bonds is 5. The number of ether oxygens (including phenoxy) is 1. The van der Waals surface area contributed by atoms with Crippen LogP contribution in [-0.2, 0) is 0 Å². The molecule has 4 heteroatoms. The first-order valence-corrected chi connectivity index (χ1v) is 8.25. The molecular weight excluding hydrogens is 315 g/mol. The van der Waals surface area contributed by atoms with Gasteiger partial charge in [0.25, 0.3) is 0 Å². The summed E-state index contributed by atoms with van der Waals surface area (Å²) >= 11 is 0. The largest absolute Gasteiger partial charge is 0.496 e. The Hall–Kier alpha value is -2.88. The second kappa shape index (κ2) is 7.34. The van der Waals surface area contributed by atoms with E-state index in [1.165, 1.54) is 0 Å². The average molecular weight is 336 g/mol. The Morgan fingerprint density at radius 3 is 2.48 bits per heavy atom. The van der Waals surface area contributed by atoms with Crippen LogP contribution in [0, 0.1) is 5.82 Å². The van der Waals surface area contributed by atoms with Gasteiger partial charge in [-0.1, -0.05) is 38.1 Å². The number of aromatic nitrogens is 1. The van der Waals surface area contributed by atoms with Crippen molar-refractivity contribution in [1.82, 2.24) is 4.98 Å². The third kappa shape index (κ3) is 3.63. The maximum absolute atomic E-state index is 15.0. The lowest BCUT2D eigenvalue weighted by Crippen LogP contribution is -2.02. The van der Waals surface area contributed by atoms with Crippen molar-refractivity contribution >= 4 is 11.5 Å². The van der Waals surface area contributed by atoms with Gasteiger partial charge >= 0.3 is 0 Å². The molecule has 1 aromatic heterocycles. The molecule has 0 amide bonds. The first kappa shape index (κ1) is 17.0. The molecule has 25 heavy (non-hydrogen) atoms. The summed E-state index contributed by atoms with van der Waals surface area (Å²) in [6.45, 7) is 3.96. The number of anilines is 2. The maximum Gasteiger partial charge on any atom is 0.150 e. The van der Waals surface area contributed by atoms with Gasteiger partial charge in [0, 0.05) is 11.8 Å². The van der Waals surface area contributed by atoms with Crippen molar-refractivity contribution in [3.8, 4) is 16.9 Å². The fourth-order valence-corrected chi connectivity index (χ4v) is 2.77. The van der Waals surface area contributed by atoms with E-state index in [1.54, 1.807) is 19.4 Å². The Morgan fingerprint density at radius 1 is 1.04 bits per heavy atom. The molecule has 0 aliphatic heterocycles. The zero-order valence-electron chi connectivity index (χ0n) is 14.6. The van der Waals surface area contributed by atoms with Gasteiger partial charge in [0.1, 0.15) is 17.4 Å². The number of para-hydroxylation sites is 1. The van der Waals surface area contributed by atoms with Crippen molar-refractivity contribution in [2.24, 2.45) is 0 Å². The molecule has 0 fully saturated rings. The standard InChI is InChI=1S/C21H21FN2O/c1-14(2)17-12-15(16-8-4-5-9-19(16)25-3)13-18(21(17)22)24-20-10-6-7-11-23-20/h4-14H,1-3H3,(H,23,24). The van der Waals surface area contributed by atoms with Crippen molar-refractivity contribution in [2.75, 3.05) is 12.4 Å². The zero-order chi connectivity index (χ0) is 17.8. The van der Waals surface area contributed by atoms with Crippen molar-refractivity contribution in [3.05, 3.63) is 72.2 Å². The van der Waals surface area contributed by atoms with Crippen LogP contribution in [0.3, 0.4) is 0 Å². The summed E-state index contributed by atoms with van der Waals surface area (Å²) in [5, 5.41) is 3.09. The number of benzene rings is 2. The van der Waals surface area contributed by atoms with E-state index in [9.17, 15) is 4.39 Å². The molecule has 128 valence electrons. The SMILES string of the molecule is COc1ccccc1-c1cc(Nc2ccccn2)c(F)c(C(C)C)c1. The average Bonchev–Trinajstić information content (AvgIpc) is 2.64. The summed E-state index contributed by atoms with van der Waals surface area (Å²) in [4.78, 5) is 4.22. The Bertz CT molecular complexity index is 863. The minimum absolute atomic E-state index is 0.0546. The first-order valence-electron chi connectivity index (χ1n) is 8.25. The normalized spacial score (nSPS) is 10.8. The van der Waals surface area contributed by atoms with E-state index < -0.39 is 0 Å². The lowest BCUT2D eigenvalue weighted by molar-refractivity contribution is 0.416.